The van der Waals surface area contributed by atoms with Gasteiger partial charge < -0.3 is 5.32 Å². The Bertz CT molecular complexity index is 1210. The first-order valence-electron chi connectivity index (χ1n) is 8.66. The molecule has 0 saturated heterocycles. The van der Waals surface area contributed by atoms with Gasteiger partial charge in [-0.2, -0.15) is 0 Å². The minimum absolute atomic E-state index is 0.00645. The Labute approximate surface area is 183 Å². The Balaban J connectivity index is 1.88. The molecule has 30 heavy (non-hydrogen) atoms. The van der Waals surface area contributed by atoms with E-state index in [1.54, 1.807) is 24.3 Å². The second kappa shape index (κ2) is 8.87. The average Bonchev–Trinajstić information content (AvgIpc) is 2.70. The lowest BCUT2D eigenvalue weighted by Crippen LogP contribution is -2.18. The molecular weight excluding hydrogens is 447 g/mol. The quantitative estimate of drug-likeness (QED) is 0.489. The first kappa shape index (κ1) is 21.8. The maximum absolute atomic E-state index is 12.8. The summed E-state index contributed by atoms with van der Waals surface area (Å²) >= 11 is 11.8. The number of carbonyl (C=O) groups is 2. The van der Waals surface area contributed by atoms with Crippen LogP contribution in [0.3, 0.4) is 0 Å². The summed E-state index contributed by atoms with van der Waals surface area (Å²) in [6, 6.07) is 16.2. The van der Waals surface area contributed by atoms with E-state index in [0.29, 0.717) is 16.3 Å². The van der Waals surface area contributed by atoms with Gasteiger partial charge in [0.2, 0.25) is 0 Å². The molecule has 9 heteroatoms. The van der Waals surface area contributed by atoms with E-state index < -0.39 is 15.9 Å². The third-order valence-corrected chi connectivity index (χ3v) is 6.01. The summed E-state index contributed by atoms with van der Waals surface area (Å²) in [7, 11) is -3.96. The Morgan fingerprint density at radius 1 is 0.833 bits per heavy atom. The van der Waals surface area contributed by atoms with Gasteiger partial charge in [0, 0.05) is 21.3 Å². The first-order valence-corrected chi connectivity index (χ1v) is 10.9. The molecular formula is C21H16Cl2N2O4S. The van der Waals surface area contributed by atoms with Crippen molar-refractivity contribution in [1.29, 1.82) is 0 Å². The van der Waals surface area contributed by atoms with Crippen molar-refractivity contribution in [3.63, 3.8) is 0 Å². The van der Waals surface area contributed by atoms with Gasteiger partial charge in [0.1, 0.15) is 0 Å². The highest BCUT2D eigenvalue weighted by molar-refractivity contribution is 7.92. The van der Waals surface area contributed by atoms with Crippen LogP contribution in [0, 0.1) is 0 Å². The molecule has 0 aromatic heterocycles. The third kappa shape index (κ3) is 5.18. The van der Waals surface area contributed by atoms with Crippen molar-refractivity contribution in [2.45, 2.75) is 11.8 Å². The summed E-state index contributed by atoms with van der Waals surface area (Å²) in [5.41, 5.74) is 1.05. The van der Waals surface area contributed by atoms with E-state index in [-0.39, 0.29) is 27.0 Å². The van der Waals surface area contributed by atoms with E-state index in [0.717, 1.165) is 0 Å². The number of hydrogen-bond acceptors (Lipinski definition) is 4. The molecule has 0 heterocycles. The van der Waals surface area contributed by atoms with E-state index >= 15 is 0 Å². The summed E-state index contributed by atoms with van der Waals surface area (Å²) in [5, 5.41) is 3.33. The number of Topliss-reactive ketones (excluding diaryl/α,β-unsaturated/α-hetero) is 1. The first-order chi connectivity index (χ1) is 14.2. The summed E-state index contributed by atoms with van der Waals surface area (Å²) in [4.78, 5) is 24.2. The second-order valence-electron chi connectivity index (χ2n) is 6.34. The van der Waals surface area contributed by atoms with E-state index in [2.05, 4.69) is 10.0 Å². The molecule has 154 valence electrons. The predicted octanol–water partition coefficient (Wildman–Crippen LogP) is 5.25. The molecule has 0 aliphatic rings. The molecule has 2 N–H and O–H groups in total. The molecule has 0 spiro atoms. The molecule has 6 nitrogen and oxygen atoms in total. The van der Waals surface area contributed by atoms with E-state index in [1.165, 1.54) is 49.4 Å². The van der Waals surface area contributed by atoms with Gasteiger partial charge in [-0.25, -0.2) is 8.42 Å². The molecule has 0 bridgehead atoms. The van der Waals surface area contributed by atoms with E-state index in [9.17, 15) is 18.0 Å². The van der Waals surface area contributed by atoms with Crippen molar-refractivity contribution in [3.05, 3.63) is 87.9 Å². The lowest BCUT2D eigenvalue weighted by Gasteiger charge is -2.13. The van der Waals surface area contributed by atoms with Gasteiger partial charge in [-0.05, 0) is 73.7 Å². The number of anilines is 2. The Kier molecular flexibility index (Phi) is 6.45. The molecule has 0 fully saturated rings. The summed E-state index contributed by atoms with van der Waals surface area (Å²) < 4.78 is 27.8. The SMILES string of the molecule is CC(=O)c1ccc(NC(=O)c2cc(Cl)ccc2NS(=O)(=O)c2ccc(Cl)cc2)cc1. The molecule has 0 unspecified atom stereocenters. The Morgan fingerprint density at radius 3 is 2.03 bits per heavy atom. The standard InChI is InChI=1S/C21H16Cl2N2O4S/c1-13(26)14-2-7-17(8-3-14)24-21(27)19-12-16(23)6-11-20(19)25-30(28,29)18-9-4-15(22)5-10-18/h2-12,25H,1H3,(H,24,27). The fourth-order valence-electron chi connectivity index (χ4n) is 2.60. The number of halogens is 2. The molecule has 0 aliphatic carbocycles. The van der Waals surface area contributed by atoms with Crippen LogP contribution in [0.4, 0.5) is 11.4 Å². The number of sulfonamides is 1. The highest BCUT2D eigenvalue weighted by Gasteiger charge is 2.19. The van der Waals surface area contributed by atoms with E-state index in [4.69, 9.17) is 23.2 Å². The van der Waals surface area contributed by atoms with E-state index in [1.807, 2.05) is 0 Å². The summed E-state index contributed by atoms with van der Waals surface area (Å²) in [6.45, 7) is 1.44. The van der Waals surface area contributed by atoms with Gasteiger partial charge in [-0.15, -0.1) is 0 Å². The monoisotopic (exact) mass is 462 g/mol. The zero-order valence-corrected chi connectivity index (χ0v) is 18.0. The number of rotatable bonds is 6. The number of carbonyl (C=O) groups excluding carboxylic acids is 2. The highest BCUT2D eigenvalue weighted by Crippen LogP contribution is 2.25. The smallest absolute Gasteiger partial charge is 0.261 e. The molecule has 3 rings (SSSR count). The minimum atomic E-state index is -3.96. The summed E-state index contributed by atoms with van der Waals surface area (Å²) in [6.07, 6.45) is 0. The van der Waals surface area contributed by atoms with Crippen molar-refractivity contribution in [3.8, 4) is 0 Å². The van der Waals surface area contributed by atoms with Gasteiger partial charge in [0.15, 0.2) is 5.78 Å². The van der Waals surface area contributed by atoms with Crippen LogP contribution in [-0.2, 0) is 10.0 Å². The van der Waals surface area contributed by atoms with Crippen LogP contribution in [0.2, 0.25) is 10.0 Å². The van der Waals surface area contributed by atoms with Crippen molar-refractivity contribution < 1.29 is 18.0 Å². The lowest BCUT2D eigenvalue weighted by molar-refractivity contribution is 0.101. The average molecular weight is 463 g/mol. The van der Waals surface area contributed by atoms with Crippen LogP contribution in [0.25, 0.3) is 0 Å². The normalized spacial score (nSPS) is 11.0. The van der Waals surface area contributed by atoms with Crippen molar-refractivity contribution in [1.82, 2.24) is 0 Å². The molecule has 3 aromatic rings. The van der Waals surface area contributed by atoms with Crippen LogP contribution < -0.4 is 10.0 Å². The minimum Gasteiger partial charge on any atom is -0.322 e. The number of benzene rings is 3. The van der Waals surface area contributed by atoms with Gasteiger partial charge in [-0.1, -0.05) is 23.2 Å². The maximum Gasteiger partial charge on any atom is 0.261 e. The number of amides is 1. The van der Waals surface area contributed by atoms with Gasteiger partial charge in [0.05, 0.1) is 16.1 Å². The number of hydrogen-bond donors (Lipinski definition) is 2. The third-order valence-electron chi connectivity index (χ3n) is 4.14. The molecule has 0 saturated carbocycles. The Morgan fingerprint density at radius 2 is 1.43 bits per heavy atom. The Hall–Kier alpha value is -2.87. The van der Waals surface area contributed by atoms with Crippen molar-refractivity contribution in [2.24, 2.45) is 0 Å². The molecule has 0 aliphatic heterocycles. The number of nitrogens with one attached hydrogen (secondary N) is 2. The zero-order chi connectivity index (χ0) is 21.9. The van der Waals surface area contributed by atoms with Crippen molar-refractivity contribution >= 4 is 56.3 Å². The highest BCUT2D eigenvalue weighted by atomic mass is 35.5. The van der Waals surface area contributed by atoms with Crippen LogP contribution >= 0.6 is 23.2 Å². The lowest BCUT2D eigenvalue weighted by atomic mass is 10.1. The second-order valence-corrected chi connectivity index (χ2v) is 8.89. The van der Waals surface area contributed by atoms with Gasteiger partial charge in [-0.3, -0.25) is 14.3 Å². The van der Waals surface area contributed by atoms with Crippen LogP contribution in [0.15, 0.2) is 71.6 Å². The fraction of sp³-hybridized carbons (Fsp3) is 0.0476. The fourth-order valence-corrected chi connectivity index (χ4v) is 3.98. The van der Waals surface area contributed by atoms with Gasteiger partial charge >= 0.3 is 0 Å². The molecule has 1 amide bonds. The van der Waals surface area contributed by atoms with Crippen LogP contribution in [-0.4, -0.2) is 20.1 Å². The molecule has 0 atom stereocenters. The van der Waals surface area contributed by atoms with Crippen molar-refractivity contribution in [2.75, 3.05) is 10.0 Å². The molecule has 3 aromatic carbocycles. The molecule has 0 radical (unpaired) electrons. The predicted molar refractivity (Wildman–Crippen MR) is 118 cm³/mol. The zero-order valence-electron chi connectivity index (χ0n) is 15.6. The topological polar surface area (TPSA) is 92.3 Å². The van der Waals surface area contributed by atoms with Gasteiger partial charge in [0.25, 0.3) is 15.9 Å². The number of ketones is 1. The largest absolute Gasteiger partial charge is 0.322 e. The summed E-state index contributed by atoms with van der Waals surface area (Å²) in [5.74, 6) is -0.663. The van der Waals surface area contributed by atoms with Crippen LogP contribution in [0.5, 0.6) is 0 Å². The van der Waals surface area contributed by atoms with Crippen LogP contribution in [0.1, 0.15) is 27.6 Å². The maximum atomic E-state index is 12.8.